The van der Waals surface area contributed by atoms with Gasteiger partial charge in [-0.15, -0.1) is 0 Å². The Morgan fingerprint density at radius 2 is 1.32 bits per heavy atom. The maximum Gasteiger partial charge on any atom is 0.346 e. The van der Waals surface area contributed by atoms with E-state index in [2.05, 4.69) is 4.74 Å². The van der Waals surface area contributed by atoms with Gasteiger partial charge in [-0.25, -0.2) is 14.4 Å². The van der Waals surface area contributed by atoms with Gasteiger partial charge in [-0.05, 0) is 24.3 Å². The topological polar surface area (TPSA) is 97.7 Å². The highest BCUT2D eigenvalue weighted by Crippen LogP contribution is 2.22. The van der Waals surface area contributed by atoms with Crippen molar-refractivity contribution in [3.63, 3.8) is 0 Å². The monoisotopic (exact) mass is 296 g/mol. The summed E-state index contributed by atoms with van der Waals surface area (Å²) in [5.74, 6) is -2.98. The summed E-state index contributed by atoms with van der Waals surface area (Å²) in [5.41, 5.74) is 0.747. The third-order valence-corrected chi connectivity index (χ3v) is 3.30. The Labute approximate surface area is 123 Å². The molecule has 2 aromatic rings. The average molecular weight is 296 g/mol. The first-order valence-corrected chi connectivity index (χ1v) is 6.26. The number of esters is 2. The van der Waals surface area contributed by atoms with Crippen molar-refractivity contribution >= 4 is 23.7 Å². The summed E-state index contributed by atoms with van der Waals surface area (Å²) in [4.78, 5) is 45.9. The molecule has 3 rings (SSSR count). The van der Waals surface area contributed by atoms with Gasteiger partial charge in [0.15, 0.2) is 5.78 Å². The molecule has 0 saturated carbocycles. The number of cyclic esters (lactones) is 2. The molecule has 6 heteroatoms. The van der Waals surface area contributed by atoms with E-state index in [0.717, 1.165) is 0 Å². The Bertz CT molecular complexity index is 832. The van der Waals surface area contributed by atoms with Crippen molar-refractivity contribution in [3.05, 3.63) is 70.3 Å². The molecule has 22 heavy (non-hydrogen) atoms. The van der Waals surface area contributed by atoms with E-state index >= 15 is 0 Å². The van der Waals surface area contributed by atoms with E-state index in [4.69, 9.17) is 5.11 Å². The van der Waals surface area contributed by atoms with Crippen molar-refractivity contribution in [2.24, 2.45) is 0 Å². The molecule has 0 aliphatic carbocycles. The molecular weight excluding hydrogens is 288 g/mol. The second-order valence-corrected chi connectivity index (χ2v) is 4.65. The fraction of sp³-hybridized carbons (Fsp3) is 0. The lowest BCUT2D eigenvalue weighted by atomic mass is 9.98. The van der Waals surface area contributed by atoms with E-state index in [1.165, 1.54) is 42.5 Å². The van der Waals surface area contributed by atoms with Gasteiger partial charge in [0.25, 0.3) is 0 Å². The maximum absolute atomic E-state index is 12.3. The summed E-state index contributed by atoms with van der Waals surface area (Å²) in [6.45, 7) is 0. The van der Waals surface area contributed by atoms with Crippen molar-refractivity contribution in [2.45, 2.75) is 0 Å². The molecule has 1 aliphatic rings. The molecule has 1 N–H and O–H groups in total. The van der Waals surface area contributed by atoms with Crippen LogP contribution in [0, 0.1) is 0 Å². The van der Waals surface area contributed by atoms with E-state index in [1.807, 2.05) is 0 Å². The second-order valence-electron chi connectivity index (χ2n) is 4.65. The van der Waals surface area contributed by atoms with E-state index in [0.29, 0.717) is 0 Å². The van der Waals surface area contributed by atoms with Gasteiger partial charge in [0.1, 0.15) is 0 Å². The second kappa shape index (κ2) is 4.92. The van der Waals surface area contributed by atoms with E-state index < -0.39 is 17.9 Å². The van der Waals surface area contributed by atoms with Crippen molar-refractivity contribution in [3.8, 4) is 0 Å². The van der Waals surface area contributed by atoms with Gasteiger partial charge in [0.2, 0.25) is 0 Å². The number of carbonyl (C=O) groups excluding carboxylic acids is 3. The first-order valence-electron chi connectivity index (χ1n) is 6.26. The molecule has 1 aliphatic heterocycles. The standard InChI is InChI=1S/C16H8O6/c17-13(8-1-3-9(4-2-8)14(18)19)10-5-6-11-12(7-10)16(21)22-15(11)20/h1-7H,(H,18,19). The number of hydrogen-bond donors (Lipinski definition) is 1. The minimum absolute atomic E-state index is 0.0537. The van der Waals surface area contributed by atoms with Crippen molar-refractivity contribution in [1.29, 1.82) is 0 Å². The molecule has 1 heterocycles. The van der Waals surface area contributed by atoms with Crippen LogP contribution in [0.1, 0.15) is 47.0 Å². The molecule has 6 nitrogen and oxygen atoms in total. The molecule has 0 amide bonds. The first kappa shape index (κ1) is 13.7. The molecule has 0 spiro atoms. The number of aromatic carboxylic acids is 1. The van der Waals surface area contributed by atoms with Crippen LogP contribution in [-0.4, -0.2) is 28.8 Å². The zero-order valence-corrected chi connectivity index (χ0v) is 11.0. The molecule has 108 valence electrons. The quantitative estimate of drug-likeness (QED) is 0.528. The van der Waals surface area contributed by atoms with Crippen LogP contribution in [0.3, 0.4) is 0 Å². The lowest BCUT2D eigenvalue weighted by Crippen LogP contribution is -2.04. The number of hydrogen-bond acceptors (Lipinski definition) is 5. The van der Waals surface area contributed by atoms with Gasteiger partial charge in [-0.1, -0.05) is 18.2 Å². The van der Waals surface area contributed by atoms with Gasteiger partial charge in [0, 0.05) is 11.1 Å². The number of rotatable bonds is 3. The molecule has 0 atom stereocenters. The van der Waals surface area contributed by atoms with E-state index in [1.54, 1.807) is 0 Å². The Morgan fingerprint density at radius 3 is 1.95 bits per heavy atom. The van der Waals surface area contributed by atoms with Crippen LogP contribution in [-0.2, 0) is 4.74 Å². The van der Waals surface area contributed by atoms with Crippen LogP contribution >= 0.6 is 0 Å². The van der Waals surface area contributed by atoms with Gasteiger partial charge >= 0.3 is 17.9 Å². The molecule has 0 unspecified atom stereocenters. The number of benzene rings is 2. The highest BCUT2D eigenvalue weighted by molar-refractivity contribution is 6.17. The Hall–Kier alpha value is -3.28. The highest BCUT2D eigenvalue weighted by atomic mass is 16.6. The normalized spacial score (nSPS) is 12.7. The van der Waals surface area contributed by atoms with Crippen LogP contribution < -0.4 is 0 Å². The van der Waals surface area contributed by atoms with Gasteiger partial charge in [-0.2, -0.15) is 0 Å². The average Bonchev–Trinajstić information content (AvgIpc) is 2.81. The van der Waals surface area contributed by atoms with Crippen LogP contribution in [0.2, 0.25) is 0 Å². The van der Waals surface area contributed by atoms with Gasteiger partial charge in [-0.3, -0.25) is 4.79 Å². The zero-order chi connectivity index (χ0) is 15.9. The third-order valence-electron chi connectivity index (χ3n) is 3.30. The summed E-state index contributed by atoms with van der Waals surface area (Å²) >= 11 is 0. The lowest BCUT2D eigenvalue weighted by molar-refractivity contribution is 0.0443. The summed E-state index contributed by atoms with van der Waals surface area (Å²) in [6.07, 6.45) is 0. The first-order chi connectivity index (χ1) is 10.5. The number of carbonyl (C=O) groups is 4. The van der Waals surface area contributed by atoms with E-state index in [9.17, 15) is 19.2 Å². The summed E-state index contributed by atoms with van der Waals surface area (Å²) in [7, 11) is 0. The minimum Gasteiger partial charge on any atom is -0.478 e. The SMILES string of the molecule is O=C(O)c1ccc(C(=O)c2ccc3c(c2)C(=O)OC3=O)cc1. The highest BCUT2D eigenvalue weighted by Gasteiger charge is 2.30. The maximum atomic E-state index is 12.3. The molecule has 2 aromatic carbocycles. The summed E-state index contributed by atoms with van der Waals surface area (Å²) < 4.78 is 4.46. The number of carboxylic acids is 1. The summed E-state index contributed by atoms with van der Waals surface area (Å²) in [6, 6.07) is 9.51. The molecule has 0 radical (unpaired) electrons. The molecule has 0 aromatic heterocycles. The molecule has 0 fully saturated rings. The van der Waals surface area contributed by atoms with E-state index in [-0.39, 0.29) is 33.6 Å². The van der Waals surface area contributed by atoms with Crippen molar-refractivity contribution < 1.29 is 29.0 Å². The zero-order valence-electron chi connectivity index (χ0n) is 11.0. The van der Waals surface area contributed by atoms with Crippen LogP contribution in [0.4, 0.5) is 0 Å². The summed E-state index contributed by atoms with van der Waals surface area (Å²) in [5, 5.41) is 8.82. The van der Waals surface area contributed by atoms with Gasteiger partial charge in [0.05, 0.1) is 16.7 Å². The molecular formula is C16H8O6. The third kappa shape index (κ3) is 2.16. The number of carboxylic acid groups (broad SMARTS) is 1. The van der Waals surface area contributed by atoms with Crippen LogP contribution in [0.5, 0.6) is 0 Å². The Kier molecular flexibility index (Phi) is 3.06. The van der Waals surface area contributed by atoms with Crippen LogP contribution in [0.15, 0.2) is 42.5 Å². The number of ketones is 1. The minimum atomic E-state index is -1.09. The molecule has 0 saturated heterocycles. The van der Waals surface area contributed by atoms with Crippen molar-refractivity contribution in [2.75, 3.05) is 0 Å². The predicted molar refractivity (Wildman–Crippen MR) is 73.0 cm³/mol. The Morgan fingerprint density at radius 1 is 0.773 bits per heavy atom. The fourth-order valence-corrected chi connectivity index (χ4v) is 2.16. The lowest BCUT2D eigenvalue weighted by Gasteiger charge is -2.03. The smallest absolute Gasteiger partial charge is 0.346 e. The fourth-order valence-electron chi connectivity index (χ4n) is 2.16. The Balaban J connectivity index is 1.96. The van der Waals surface area contributed by atoms with Crippen molar-refractivity contribution in [1.82, 2.24) is 0 Å². The van der Waals surface area contributed by atoms with Gasteiger partial charge < -0.3 is 9.84 Å². The number of ether oxygens (including phenoxy) is 1. The molecule has 0 bridgehead atoms. The number of fused-ring (bicyclic) bond motifs is 1. The van der Waals surface area contributed by atoms with Crippen LogP contribution in [0.25, 0.3) is 0 Å². The largest absolute Gasteiger partial charge is 0.478 e. The predicted octanol–water partition coefficient (Wildman–Crippen LogP) is 1.93.